The molecule has 3 rings (SSSR count). The van der Waals surface area contributed by atoms with Crippen molar-refractivity contribution in [1.29, 1.82) is 0 Å². The first-order valence-electron chi connectivity index (χ1n) is 7.45. The standard InChI is InChI=1S/C16H18ClN3O2S/c1-11-15(12-2-4-13(17)5-3-12)19-16(23-11)18-14(21)10-20-6-8-22-9-7-20/h2-5H,6-10H2,1H3,(H,18,19,21). The van der Waals surface area contributed by atoms with Crippen LogP contribution in [0.1, 0.15) is 4.88 Å². The molecule has 1 aliphatic heterocycles. The Balaban J connectivity index is 1.65. The molecule has 1 fully saturated rings. The molecular formula is C16H18ClN3O2S. The van der Waals surface area contributed by atoms with Gasteiger partial charge in [0.2, 0.25) is 5.91 Å². The van der Waals surface area contributed by atoms with Gasteiger partial charge in [-0.2, -0.15) is 0 Å². The van der Waals surface area contributed by atoms with Gasteiger partial charge in [0.05, 0.1) is 25.5 Å². The third kappa shape index (κ3) is 4.29. The van der Waals surface area contributed by atoms with Gasteiger partial charge in [-0.3, -0.25) is 9.69 Å². The van der Waals surface area contributed by atoms with Crippen LogP contribution in [0.2, 0.25) is 5.02 Å². The second-order valence-corrected chi connectivity index (χ2v) is 7.01. The van der Waals surface area contributed by atoms with Gasteiger partial charge in [0.15, 0.2) is 5.13 Å². The second kappa shape index (κ2) is 7.40. The van der Waals surface area contributed by atoms with Crippen molar-refractivity contribution in [3.05, 3.63) is 34.2 Å². The molecule has 1 amide bonds. The molecular weight excluding hydrogens is 334 g/mol. The number of amides is 1. The highest BCUT2D eigenvalue weighted by molar-refractivity contribution is 7.16. The minimum absolute atomic E-state index is 0.0386. The molecule has 5 nitrogen and oxygen atoms in total. The quantitative estimate of drug-likeness (QED) is 0.919. The number of thiazole rings is 1. The Morgan fingerprint density at radius 3 is 2.74 bits per heavy atom. The highest BCUT2D eigenvalue weighted by atomic mass is 35.5. The number of carbonyl (C=O) groups excluding carboxylic acids is 1. The van der Waals surface area contributed by atoms with Crippen molar-refractivity contribution in [3.63, 3.8) is 0 Å². The van der Waals surface area contributed by atoms with Crippen molar-refractivity contribution in [2.75, 3.05) is 38.2 Å². The molecule has 0 radical (unpaired) electrons. The predicted molar refractivity (Wildman–Crippen MR) is 93.2 cm³/mol. The Morgan fingerprint density at radius 1 is 1.35 bits per heavy atom. The van der Waals surface area contributed by atoms with Crippen LogP contribution in [0, 0.1) is 6.92 Å². The molecule has 2 aromatic rings. The summed E-state index contributed by atoms with van der Waals surface area (Å²) in [5, 5.41) is 4.22. The number of nitrogens with one attached hydrogen (secondary N) is 1. The Kier molecular flexibility index (Phi) is 5.27. The summed E-state index contributed by atoms with van der Waals surface area (Å²) in [5.41, 5.74) is 1.88. The third-order valence-electron chi connectivity index (χ3n) is 3.63. The number of carbonyl (C=O) groups is 1. The Hall–Kier alpha value is -1.47. The van der Waals surface area contributed by atoms with E-state index in [1.165, 1.54) is 11.3 Å². The van der Waals surface area contributed by atoms with E-state index in [0.717, 1.165) is 29.2 Å². The zero-order chi connectivity index (χ0) is 16.2. The second-order valence-electron chi connectivity index (χ2n) is 5.37. The van der Waals surface area contributed by atoms with Gasteiger partial charge in [-0.1, -0.05) is 23.7 Å². The van der Waals surface area contributed by atoms with Crippen molar-refractivity contribution in [2.45, 2.75) is 6.92 Å². The molecule has 23 heavy (non-hydrogen) atoms. The Bertz CT molecular complexity index is 681. The van der Waals surface area contributed by atoms with Crippen molar-refractivity contribution in [3.8, 4) is 11.3 Å². The normalized spacial score (nSPS) is 15.6. The van der Waals surface area contributed by atoms with E-state index in [4.69, 9.17) is 16.3 Å². The van der Waals surface area contributed by atoms with Crippen molar-refractivity contribution >= 4 is 34.0 Å². The van der Waals surface area contributed by atoms with Crippen LogP contribution in [0.5, 0.6) is 0 Å². The summed E-state index contributed by atoms with van der Waals surface area (Å²) < 4.78 is 5.28. The molecule has 0 saturated carbocycles. The number of hydrogen-bond acceptors (Lipinski definition) is 5. The number of aromatic nitrogens is 1. The molecule has 1 aliphatic rings. The lowest BCUT2D eigenvalue weighted by Gasteiger charge is -2.25. The van der Waals surface area contributed by atoms with Gasteiger partial charge in [0.25, 0.3) is 0 Å². The smallest absolute Gasteiger partial charge is 0.240 e. The van der Waals surface area contributed by atoms with E-state index in [0.29, 0.717) is 29.9 Å². The van der Waals surface area contributed by atoms with E-state index >= 15 is 0 Å². The van der Waals surface area contributed by atoms with Crippen LogP contribution in [-0.2, 0) is 9.53 Å². The first-order chi connectivity index (χ1) is 11.1. The van der Waals surface area contributed by atoms with E-state index in [1.807, 2.05) is 31.2 Å². The Morgan fingerprint density at radius 2 is 2.04 bits per heavy atom. The zero-order valence-corrected chi connectivity index (χ0v) is 14.4. The van der Waals surface area contributed by atoms with Crippen LogP contribution in [0.4, 0.5) is 5.13 Å². The Labute approximate surface area is 144 Å². The summed E-state index contributed by atoms with van der Waals surface area (Å²) in [6.45, 7) is 5.33. The summed E-state index contributed by atoms with van der Waals surface area (Å²) in [6.07, 6.45) is 0. The maximum Gasteiger partial charge on any atom is 0.240 e. The SMILES string of the molecule is Cc1sc(NC(=O)CN2CCOCC2)nc1-c1ccc(Cl)cc1. The summed E-state index contributed by atoms with van der Waals surface area (Å²) >= 11 is 7.40. The van der Waals surface area contributed by atoms with Crippen LogP contribution in [0.15, 0.2) is 24.3 Å². The first-order valence-corrected chi connectivity index (χ1v) is 8.64. The maximum atomic E-state index is 12.1. The van der Waals surface area contributed by atoms with Crippen LogP contribution >= 0.6 is 22.9 Å². The molecule has 7 heteroatoms. The fraction of sp³-hybridized carbons (Fsp3) is 0.375. The average Bonchev–Trinajstić information content (AvgIpc) is 2.89. The van der Waals surface area contributed by atoms with Crippen molar-refractivity contribution in [1.82, 2.24) is 9.88 Å². The topological polar surface area (TPSA) is 54.5 Å². The van der Waals surface area contributed by atoms with Gasteiger partial charge in [-0.25, -0.2) is 4.98 Å². The molecule has 122 valence electrons. The van der Waals surface area contributed by atoms with E-state index in [2.05, 4.69) is 15.2 Å². The van der Waals surface area contributed by atoms with Crippen LogP contribution in [0.25, 0.3) is 11.3 Å². The molecule has 0 aliphatic carbocycles. The first kappa shape index (κ1) is 16.4. The predicted octanol–water partition coefficient (Wildman–Crippen LogP) is 3.04. The number of anilines is 1. The summed E-state index contributed by atoms with van der Waals surface area (Å²) in [6, 6.07) is 7.55. The molecule has 1 aromatic heterocycles. The zero-order valence-electron chi connectivity index (χ0n) is 12.8. The molecule has 2 heterocycles. The molecule has 1 saturated heterocycles. The van der Waals surface area contributed by atoms with Gasteiger partial charge >= 0.3 is 0 Å². The fourth-order valence-corrected chi connectivity index (χ4v) is 3.42. The van der Waals surface area contributed by atoms with Gasteiger partial charge < -0.3 is 10.1 Å². The number of benzene rings is 1. The van der Waals surface area contributed by atoms with Gasteiger partial charge in [-0.15, -0.1) is 11.3 Å². The van der Waals surface area contributed by atoms with Crippen molar-refractivity contribution in [2.24, 2.45) is 0 Å². The molecule has 0 bridgehead atoms. The lowest BCUT2D eigenvalue weighted by Crippen LogP contribution is -2.41. The third-order valence-corrected chi connectivity index (χ3v) is 4.77. The monoisotopic (exact) mass is 351 g/mol. The molecule has 0 atom stereocenters. The summed E-state index contributed by atoms with van der Waals surface area (Å²) in [7, 11) is 0. The molecule has 0 spiro atoms. The van der Waals surface area contributed by atoms with E-state index in [-0.39, 0.29) is 5.91 Å². The number of aryl methyl sites for hydroxylation is 1. The summed E-state index contributed by atoms with van der Waals surface area (Å²) in [4.78, 5) is 19.8. The summed E-state index contributed by atoms with van der Waals surface area (Å²) in [5.74, 6) is -0.0386. The molecule has 1 aromatic carbocycles. The highest BCUT2D eigenvalue weighted by Gasteiger charge is 2.16. The van der Waals surface area contributed by atoms with E-state index < -0.39 is 0 Å². The minimum Gasteiger partial charge on any atom is -0.379 e. The van der Waals surface area contributed by atoms with E-state index in [9.17, 15) is 4.79 Å². The maximum absolute atomic E-state index is 12.1. The molecule has 1 N–H and O–H groups in total. The lowest BCUT2D eigenvalue weighted by molar-refractivity contribution is -0.118. The largest absolute Gasteiger partial charge is 0.379 e. The fourth-order valence-electron chi connectivity index (χ4n) is 2.45. The van der Waals surface area contributed by atoms with Gasteiger partial charge in [0, 0.05) is 28.6 Å². The molecule has 0 unspecified atom stereocenters. The number of ether oxygens (including phenoxy) is 1. The van der Waals surface area contributed by atoms with E-state index in [1.54, 1.807) is 0 Å². The number of halogens is 1. The highest BCUT2D eigenvalue weighted by Crippen LogP contribution is 2.30. The van der Waals surface area contributed by atoms with Crippen LogP contribution in [0.3, 0.4) is 0 Å². The average molecular weight is 352 g/mol. The van der Waals surface area contributed by atoms with Crippen LogP contribution < -0.4 is 5.32 Å². The van der Waals surface area contributed by atoms with Crippen molar-refractivity contribution < 1.29 is 9.53 Å². The number of rotatable bonds is 4. The van der Waals surface area contributed by atoms with Gasteiger partial charge in [-0.05, 0) is 19.1 Å². The van der Waals surface area contributed by atoms with Crippen LogP contribution in [-0.4, -0.2) is 48.6 Å². The number of nitrogens with zero attached hydrogens (tertiary/aromatic N) is 2. The lowest BCUT2D eigenvalue weighted by atomic mass is 10.1. The van der Waals surface area contributed by atoms with Gasteiger partial charge in [0.1, 0.15) is 0 Å². The minimum atomic E-state index is -0.0386. The number of hydrogen-bond donors (Lipinski definition) is 1. The number of morpholine rings is 1.